The monoisotopic (exact) mass is 253 g/mol. The predicted octanol–water partition coefficient (Wildman–Crippen LogP) is 2.91. The normalized spacial score (nSPS) is 16.6. The molecule has 0 aromatic heterocycles. The number of hydrogen-bond donors (Lipinski definition) is 1. The second-order valence-electron chi connectivity index (χ2n) is 5.06. The summed E-state index contributed by atoms with van der Waals surface area (Å²) in [4.78, 5) is 0. The lowest BCUT2D eigenvalue weighted by molar-refractivity contribution is 0.273. The zero-order chi connectivity index (χ0) is 13.1. The summed E-state index contributed by atoms with van der Waals surface area (Å²) in [7, 11) is 0. The molecular formula is C17H19NO. The number of ether oxygens (including phenoxy) is 1. The van der Waals surface area contributed by atoms with E-state index in [2.05, 4.69) is 30.3 Å². The van der Waals surface area contributed by atoms with Gasteiger partial charge in [-0.3, -0.25) is 0 Å². The molecule has 2 aromatic carbocycles. The maximum absolute atomic E-state index is 5.99. The fourth-order valence-electron chi connectivity index (χ4n) is 2.71. The van der Waals surface area contributed by atoms with E-state index in [1.54, 1.807) is 0 Å². The smallest absolute Gasteiger partial charge is 0.122 e. The highest BCUT2D eigenvalue weighted by Crippen LogP contribution is 2.35. The Morgan fingerprint density at radius 3 is 2.68 bits per heavy atom. The van der Waals surface area contributed by atoms with Crippen molar-refractivity contribution in [2.45, 2.75) is 18.8 Å². The van der Waals surface area contributed by atoms with Crippen molar-refractivity contribution in [1.29, 1.82) is 0 Å². The molecule has 0 spiro atoms. The van der Waals surface area contributed by atoms with Crippen molar-refractivity contribution in [2.75, 3.05) is 13.2 Å². The first-order chi connectivity index (χ1) is 9.38. The van der Waals surface area contributed by atoms with Crippen LogP contribution in [0.1, 0.15) is 22.6 Å². The molecule has 2 N–H and O–H groups in total. The molecule has 1 atom stereocenters. The lowest BCUT2D eigenvalue weighted by atomic mass is 9.78. The van der Waals surface area contributed by atoms with E-state index in [0.29, 0.717) is 12.5 Å². The third-order valence-corrected chi connectivity index (χ3v) is 3.79. The van der Waals surface area contributed by atoms with Crippen LogP contribution in [0.15, 0.2) is 48.5 Å². The summed E-state index contributed by atoms with van der Waals surface area (Å²) in [6, 6.07) is 16.8. The van der Waals surface area contributed by atoms with Crippen molar-refractivity contribution in [3.8, 4) is 5.75 Å². The summed E-state index contributed by atoms with van der Waals surface area (Å²) in [5.41, 5.74) is 9.74. The average Bonchev–Trinajstić information content (AvgIpc) is 2.42. The van der Waals surface area contributed by atoms with Crippen LogP contribution in [0.2, 0.25) is 0 Å². The molecule has 0 heterocycles. The van der Waals surface area contributed by atoms with Gasteiger partial charge < -0.3 is 10.5 Å². The van der Waals surface area contributed by atoms with Gasteiger partial charge in [0, 0.05) is 5.92 Å². The van der Waals surface area contributed by atoms with Crippen molar-refractivity contribution >= 4 is 0 Å². The molecule has 0 fully saturated rings. The minimum absolute atomic E-state index is 0.544. The highest BCUT2D eigenvalue weighted by Gasteiger charge is 2.25. The number of rotatable bonds is 5. The van der Waals surface area contributed by atoms with Crippen molar-refractivity contribution in [3.63, 3.8) is 0 Å². The molecule has 19 heavy (non-hydrogen) atoms. The highest BCUT2D eigenvalue weighted by atomic mass is 16.5. The van der Waals surface area contributed by atoms with E-state index in [1.165, 1.54) is 16.7 Å². The van der Waals surface area contributed by atoms with Crippen LogP contribution in [0.25, 0.3) is 0 Å². The molecule has 98 valence electrons. The van der Waals surface area contributed by atoms with E-state index in [1.807, 2.05) is 18.2 Å². The quantitative estimate of drug-likeness (QED) is 0.889. The number of fused-ring (bicyclic) bond motifs is 1. The topological polar surface area (TPSA) is 35.2 Å². The van der Waals surface area contributed by atoms with E-state index in [0.717, 1.165) is 25.2 Å². The summed E-state index contributed by atoms with van der Waals surface area (Å²) in [5, 5.41) is 0. The highest BCUT2D eigenvalue weighted by molar-refractivity contribution is 5.40. The third kappa shape index (κ3) is 2.49. The minimum atomic E-state index is 0.544. The zero-order valence-corrected chi connectivity index (χ0v) is 11.0. The van der Waals surface area contributed by atoms with E-state index in [-0.39, 0.29) is 0 Å². The van der Waals surface area contributed by atoms with Crippen molar-refractivity contribution in [2.24, 2.45) is 5.73 Å². The van der Waals surface area contributed by atoms with Crippen LogP contribution in [0.4, 0.5) is 0 Å². The van der Waals surface area contributed by atoms with Gasteiger partial charge in [-0.15, -0.1) is 0 Å². The molecule has 2 heteroatoms. The summed E-state index contributed by atoms with van der Waals surface area (Å²) in [6.07, 6.45) is 2.01. The van der Waals surface area contributed by atoms with E-state index in [9.17, 15) is 0 Å². The Bertz CT molecular complexity index is 565. The van der Waals surface area contributed by atoms with Gasteiger partial charge in [0.05, 0.1) is 6.61 Å². The lowest BCUT2D eigenvalue weighted by Gasteiger charge is -2.30. The van der Waals surface area contributed by atoms with Crippen LogP contribution in [0.5, 0.6) is 5.75 Å². The summed E-state index contributed by atoms with van der Waals surface area (Å²) >= 11 is 0. The van der Waals surface area contributed by atoms with Gasteiger partial charge in [-0.05, 0) is 42.1 Å². The van der Waals surface area contributed by atoms with E-state index < -0.39 is 0 Å². The van der Waals surface area contributed by atoms with Gasteiger partial charge in [0.1, 0.15) is 5.75 Å². The first kappa shape index (κ1) is 12.2. The first-order valence-corrected chi connectivity index (χ1v) is 6.87. The maximum Gasteiger partial charge on any atom is 0.122 e. The Morgan fingerprint density at radius 1 is 1.05 bits per heavy atom. The minimum Gasteiger partial charge on any atom is -0.493 e. The Morgan fingerprint density at radius 2 is 1.84 bits per heavy atom. The van der Waals surface area contributed by atoms with Gasteiger partial charge in [0.25, 0.3) is 0 Å². The Kier molecular flexibility index (Phi) is 3.51. The van der Waals surface area contributed by atoms with E-state index >= 15 is 0 Å². The van der Waals surface area contributed by atoms with Gasteiger partial charge in [-0.1, -0.05) is 42.5 Å². The summed E-state index contributed by atoms with van der Waals surface area (Å²) in [5.74, 6) is 1.53. The molecule has 0 amide bonds. The van der Waals surface area contributed by atoms with Crippen LogP contribution in [0.3, 0.4) is 0 Å². The molecular weight excluding hydrogens is 234 g/mol. The lowest BCUT2D eigenvalue weighted by Crippen LogP contribution is -2.23. The van der Waals surface area contributed by atoms with Crippen LogP contribution in [-0.4, -0.2) is 13.2 Å². The van der Waals surface area contributed by atoms with Crippen LogP contribution in [0, 0.1) is 0 Å². The average molecular weight is 253 g/mol. The van der Waals surface area contributed by atoms with Gasteiger partial charge in [-0.25, -0.2) is 0 Å². The van der Waals surface area contributed by atoms with Crippen LogP contribution < -0.4 is 10.5 Å². The van der Waals surface area contributed by atoms with Crippen molar-refractivity contribution < 1.29 is 4.74 Å². The number of hydrogen-bond acceptors (Lipinski definition) is 2. The molecule has 1 aliphatic carbocycles. The molecule has 0 bridgehead atoms. The van der Waals surface area contributed by atoms with Gasteiger partial charge >= 0.3 is 0 Å². The molecule has 3 rings (SSSR count). The summed E-state index contributed by atoms with van der Waals surface area (Å²) in [6.45, 7) is 1.42. The number of nitrogens with two attached hydrogens (primary N) is 1. The third-order valence-electron chi connectivity index (χ3n) is 3.79. The Labute approximate surface area is 114 Å². The standard InChI is InChI=1S/C17H19NO/c18-10-9-13-5-2-4-8-17(13)19-12-15-11-14-6-1-3-7-16(14)15/h1-8,15H,9-12,18H2. The van der Waals surface area contributed by atoms with Crippen LogP contribution in [-0.2, 0) is 12.8 Å². The van der Waals surface area contributed by atoms with Crippen molar-refractivity contribution in [3.05, 3.63) is 65.2 Å². The van der Waals surface area contributed by atoms with Crippen LogP contribution >= 0.6 is 0 Å². The predicted molar refractivity (Wildman–Crippen MR) is 77.6 cm³/mol. The van der Waals surface area contributed by atoms with Gasteiger partial charge in [-0.2, -0.15) is 0 Å². The number of benzene rings is 2. The molecule has 1 unspecified atom stereocenters. The molecule has 2 aromatic rings. The first-order valence-electron chi connectivity index (χ1n) is 6.87. The zero-order valence-electron chi connectivity index (χ0n) is 11.0. The molecule has 2 nitrogen and oxygen atoms in total. The molecule has 1 aliphatic rings. The van der Waals surface area contributed by atoms with Crippen molar-refractivity contribution in [1.82, 2.24) is 0 Å². The SMILES string of the molecule is NCCc1ccccc1OCC1Cc2ccccc21. The molecule has 0 radical (unpaired) electrons. The second-order valence-corrected chi connectivity index (χ2v) is 5.06. The maximum atomic E-state index is 5.99. The Balaban J connectivity index is 1.65. The fourth-order valence-corrected chi connectivity index (χ4v) is 2.71. The van der Waals surface area contributed by atoms with E-state index in [4.69, 9.17) is 10.5 Å². The molecule has 0 aliphatic heterocycles. The Hall–Kier alpha value is -1.80. The number of para-hydroxylation sites is 1. The largest absolute Gasteiger partial charge is 0.493 e. The molecule has 0 saturated heterocycles. The molecule has 0 saturated carbocycles. The summed E-state index contributed by atoms with van der Waals surface area (Å²) < 4.78 is 5.99. The second kappa shape index (κ2) is 5.45. The fraction of sp³-hybridized carbons (Fsp3) is 0.294. The van der Waals surface area contributed by atoms with Gasteiger partial charge in [0.2, 0.25) is 0 Å². The van der Waals surface area contributed by atoms with Gasteiger partial charge in [0.15, 0.2) is 0 Å².